The first-order chi connectivity index (χ1) is 12.0. The molecule has 0 aliphatic carbocycles. The second kappa shape index (κ2) is 6.90. The van der Waals surface area contributed by atoms with Crippen LogP contribution in [0.2, 0.25) is 0 Å². The SMILES string of the molecule is COc1ccc(CN2C[C@H](O)CC2=O)cc1-c1cccc([N+](=O)O)c1. The molecular weight excluding hydrogens is 324 g/mol. The van der Waals surface area contributed by atoms with Crippen molar-refractivity contribution < 1.29 is 24.8 Å². The Bertz CT molecular complexity index is 821. The van der Waals surface area contributed by atoms with Gasteiger partial charge in [-0.3, -0.25) is 4.79 Å². The van der Waals surface area contributed by atoms with Crippen molar-refractivity contribution in [3.63, 3.8) is 0 Å². The Kier molecular flexibility index (Phi) is 4.67. The molecular formula is C18H19N2O5+. The normalized spacial score (nSPS) is 17.0. The van der Waals surface area contributed by atoms with E-state index in [2.05, 4.69) is 0 Å². The van der Waals surface area contributed by atoms with Crippen molar-refractivity contribution in [1.29, 1.82) is 0 Å². The Hall–Kier alpha value is -2.93. The molecule has 1 aliphatic heterocycles. The van der Waals surface area contributed by atoms with Gasteiger partial charge < -0.3 is 14.7 Å². The quantitative estimate of drug-likeness (QED) is 0.813. The van der Waals surface area contributed by atoms with Crippen LogP contribution in [0.3, 0.4) is 0 Å². The minimum absolute atomic E-state index is 0.0749. The van der Waals surface area contributed by atoms with E-state index in [0.29, 0.717) is 24.4 Å². The minimum Gasteiger partial charge on any atom is -0.496 e. The molecule has 2 N–H and O–H groups in total. The lowest BCUT2D eigenvalue weighted by molar-refractivity contribution is -0.729. The summed E-state index contributed by atoms with van der Waals surface area (Å²) in [6.07, 6.45) is -0.463. The third-order valence-electron chi connectivity index (χ3n) is 4.21. The van der Waals surface area contributed by atoms with Crippen LogP contribution in [-0.2, 0) is 11.3 Å². The molecule has 1 fully saturated rings. The van der Waals surface area contributed by atoms with Gasteiger partial charge in [-0.15, -0.1) is 0 Å². The second-order valence-electron chi connectivity index (χ2n) is 5.99. The van der Waals surface area contributed by atoms with Crippen LogP contribution >= 0.6 is 0 Å². The summed E-state index contributed by atoms with van der Waals surface area (Å²) in [6, 6.07) is 12.1. The van der Waals surface area contributed by atoms with E-state index in [4.69, 9.17) is 9.94 Å². The van der Waals surface area contributed by atoms with Gasteiger partial charge in [-0.05, 0) is 23.3 Å². The molecule has 3 rings (SSSR count). The highest BCUT2D eigenvalue weighted by Gasteiger charge is 2.28. The molecule has 0 radical (unpaired) electrons. The van der Waals surface area contributed by atoms with E-state index in [1.807, 2.05) is 12.1 Å². The first-order valence-electron chi connectivity index (χ1n) is 7.87. The summed E-state index contributed by atoms with van der Waals surface area (Å²) in [4.78, 5) is 24.4. The predicted octanol–water partition coefficient (Wildman–Crippen LogP) is 2.25. The van der Waals surface area contributed by atoms with E-state index in [9.17, 15) is 14.8 Å². The molecule has 1 amide bonds. The number of hydrogen-bond acceptors (Lipinski definition) is 4. The number of nitrogens with zero attached hydrogens (tertiary/aromatic N) is 2. The maximum absolute atomic E-state index is 11.9. The summed E-state index contributed by atoms with van der Waals surface area (Å²) >= 11 is 0. The van der Waals surface area contributed by atoms with Crippen LogP contribution in [0.5, 0.6) is 5.75 Å². The monoisotopic (exact) mass is 343 g/mol. The van der Waals surface area contributed by atoms with Gasteiger partial charge in [0.1, 0.15) is 5.75 Å². The average molecular weight is 343 g/mol. The number of benzene rings is 2. The average Bonchev–Trinajstić information content (AvgIpc) is 2.92. The first kappa shape index (κ1) is 16.9. The zero-order valence-electron chi connectivity index (χ0n) is 13.8. The van der Waals surface area contributed by atoms with Crippen molar-refractivity contribution >= 4 is 11.6 Å². The molecule has 7 heteroatoms. The van der Waals surface area contributed by atoms with E-state index in [1.54, 1.807) is 36.3 Å². The molecule has 1 aliphatic rings. The number of aliphatic hydroxyl groups is 1. The van der Waals surface area contributed by atoms with Gasteiger partial charge in [-0.1, -0.05) is 18.2 Å². The standard InChI is InChI=1S/C18H19N2O5/c1-25-17-6-5-12(10-19-11-15(21)9-18(19)22)7-16(17)13-3-2-4-14(8-13)20(23)24/h2-8,15,21H,9-11H2,1H3,(H,23,24)/q+1/t15-/m1/s1. The van der Waals surface area contributed by atoms with Crippen LogP contribution in [0, 0.1) is 4.91 Å². The highest BCUT2D eigenvalue weighted by atomic mass is 16.6. The largest absolute Gasteiger partial charge is 0.496 e. The molecule has 2 aromatic rings. The van der Waals surface area contributed by atoms with Crippen molar-refractivity contribution in [1.82, 2.24) is 4.90 Å². The second-order valence-corrected chi connectivity index (χ2v) is 5.99. The predicted molar refractivity (Wildman–Crippen MR) is 89.5 cm³/mol. The van der Waals surface area contributed by atoms with Gasteiger partial charge in [-0.25, -0.2) is 5.21 Å². The van der Waals surface area contributed by atoms with Gasteiger partial charge in [0, 0.05) is 30.8 Å². The summed E-state index contributed by atoms with van der Waals surface area (Å²) in [7, 11) is 1.55. The van der Waals surface area contributed by atoms with Crippen LogP contribution in [0.25, 0.3) is 11.1 Å². The Labute approximate surface area is 144 Å². The number of ether oxygens (including phenoxy) is 1. The first-order valence-corrected chi connectivity index (χ1v) is 7.87. The lowest BCUT2D eigenvalue weighted by atomic mass is 10.0. The number of rotatable bonds is 5. The molecule has 2 aromatic carbocycles. The van der Waals surface area contributed by atoms with E-state index in [-0.39, 0.29) is 22.9 Å². The number of amides is 1. The number of carbonyl (C=O) groups excluding carboxylic acids is 1. The fourth-order valence-corrected chi connectivity index (χ4v) is 3.00. The number of β-amino-alcohol motifs (C(OH)–C–C–N with tert-alkyl or cyclic N) is 1. The van der Waals surface area contributed by atoms with Crippen molar-refractivity contribution in [2.45, 2.75) is 19.1 Å². The molecule has 0 spiro atoms. The molecule has 1 heterocycles. The van der Waals surface area contributed by atoms with Crippen molar-refractivity contribution in [3.8, 4) is 16.9 Å². The van der Waals surface area contributed by atoms with E-state index >= 15 is 0 Å². The van der Waals surface area contributed by atoms with Gasteiger partial charge in [0.05, 0.1) is 24.5 Å². The highest BCUT2D eigenvalue weighted by Crippen LogP contribution is 2.33. The topological polar surface area (TPSA) is 90.1 Å². The number of hydrogen-bond donors (Lipinski definition) is 2. The van der Waals surface area contributed by atoms with Crippen LogP contribution in [0.4, 0.5) is 5.69 Å². The fourth-order valence-electron chi connectivity index (χ4n) is 3.00. The third kappa shape index (κ3) is 3.61. The number of methoxy groups -OCH3 is 1. The van der Waals surface area contributed by atoms with Crippen LogP contribution in [0.1, 0.15) is 12.0 Å². The summed E-state index contributed by atoms with van der Waals surface area (Å²) in [5, 5.41) is 18.7. The fraction of sp³-hybridized carbons (Fsp3) is 0.278. The lowest BCUT2D eigenvalue weighted by Gasteiger charge is -2.17. The van der Waals surface area contributed by atoms with Gasteiger partial charge in [-0.2, -0.15) is 0 Å². The Morgan fingerprint density at radius 1 is 1.28 bits per heavy atom. The zero-order valence-corrected chi connectivity index (χ0v) is 13.8. The summed E-state index contributed by atoms with van der Waals surface area (Å²) < 4.78 is 5.39. The van der Waals surface area contributed by atoms with Crippen LogP contribution in [-0.4, -0.2) is 45.8 Å². The van der Waals surface area contributed by atoms with Gasteiger partial charge in [0.25, 0.3) is 4.92 Å². The van der Waals surface area contributed by atoms with E-state index in [1.165, 1.54) is 6.07 Å². The maximum Gasteiger partial charge on any atom is 0.317 e. The molecule has 1 atom stereocenters. The molecule has 0 saturated carbocycles. The zero-order chi connectivity index (χ0) is 18.0. The summed E-state index contributed by atoms with van der Waals surface area (Å²) in [6.45, 7) is 0.714. The molecule has 1 saturated heterocycles. The molecule has 0 aromatic heterocycles. The summed E-state index contributed by atoms with van der Waals surface area (Å²) in [5.41, 5.74) is 2.45. The molecule has 0 unspecified atom stereocenters. The number of aliphatic hydroxyl groups excluding tert-OH is 1. The smallest absolute Gasteiger partial charge is 0.317 e. The number of carbonyl (C=O) groups is 1. The van der Waals surface area contributed by atoms with Gasteiger partial charge >= 0.3 is 5.69 Å². The van der Waals surface area contributed by atoms with Crippen molar-refractivity contribution in [2.24, 2.45) is 0 Å². The van der Waals surface area contributed by atoms with Gasteiger partial charge in [0.15, 0.2) is 0 Å². The maximum atomic E-state index is 11.9. The van der Waals surface area contributed by atoms with Crippen molar-refractivity contribution in [2.75, 3.05) is 13.7 Å². The van der Waals surface area contributed by atoms with E-state index < -0.39 is 6.10 Å². The molecule has 25 heavy (non-hydrogen) atoms. The number of likely N-dealkylation sites (tertiary alicyclic amines) is 1. The van der Waals surface area contributed by atoms with Crippen molar-refractivity contribution in [3.05, 3.63) is 52.9 Å². The summed E-state index contributed by atoms with van der Waals surface area (Å²) in [5.74, 6) is 0.540. The molecule has 0 bridgehead atoms. The van der Waals surface area contributed by atoms with Crippen LogP contribution < -0.4 is 4.74 Å². The Morgan fingerprint density at radius 2 is 2.08 bits per heavy atom. The van der Waals surface area contributed by atoms with E-state index in [0.717, 1.165) is 11.1 Å². The lowest BCUT2D eigenvalue weighted by Crippen LogP contribution is -2.25. The van der Waals surface area contributed by atoms with Gasteiger partial charge in [0.2, 0.25) is 5.91 Å². The highest BCUT2D eigenvalue weighted by molar-refractivity contribution is 5.79. The molecule has 7 nitrogen and oxygen atoms in total. The Morgan fingerprint density at radius 3 is 2.72 bits per heavy atom. The molecule has 130 valence electrons. The third-order valence-corrected chi connectivity index (χ3v) is 4.21. The minimum atomic E-state index is -0.616. The Balaban J connectivity index is 1.94. The van der Waals surface area contributed by atoms with Crippen LogP contribution in [0.15, 0.2) is 42.5 Å².